The molecule has 1 N–H and O–H groups in total. The molecule has 2 aromatic rings. The van der Waals surface area contributed by atoms with Crippen LogP contribution in [0.5, 0.6) is 0 Å². The highest BCUT2D eigenvalue weighted by atomic mass is 35.5. The van der Waals surface area contributed by atoms with Crippen molar-refractivity contribution in [3.63, 3.8) is 0 Å². The van der Waals surface area contributed by atoms with Crippen molar-refractivity contribution < 1.29 is 0 Å². The van der Waals surface area contributed by atoms with E-state index in [0.717, 1.165) is 39.2 Å². The summed E-state index contributed by atoms with van der Waals surface area (Å²) in [5.74, 6) is 0.904. The van der Waals surface area contributed by atoms with Crippen molar-refractivity contribution in [3.8, 4) is 0 Å². The summed E-state index contributed by atoms with van der Waals surface area (Å²) in [6, 6.07) is 7.80. The highest BCUT2D eigenvalue weighted by molar-refractivity contribution is 7.99. The minimum absolute atomic E-state index is 0.741. The van der Waals surface area contributed by atoms with Gasteiger partial charge < -0.3 is 5.32 Å². The van der Waals surface area contributed by atoms with Crippen molar-refractivity contribution in [2.24, 2.45) is 0 Å². The molecule has 0 amide bonds. The van der Waals surface area contributed by atoms with Crippen molar-refractivity contribution in [2.75, 3.05) is 12.4 Å². The van der Waals surface area contributed by atoms with E-state index in [0.29, 0.717) is 0 Å². The Morgan fingerprint density at radius 2 is 2.16 bits per heavy atom. The van der Waals surface area contributed by atoms with Crippen molar-refractivity contribution in [2.45, 2.75) is 29.7 Å². The van der Waals surface area contributed by atoms with Gasteiger partial charge in [0.2, 0.25) is 0 Å². The van der Waals surface area contributed by atoms with Crippen molar-refractivity contribution in [3.05, 3.63) is 41.2 Å². The summed E-state index contributed by atoms with van der Waals surface area (Å²) < 4.78 is 0. The van der Waals surface area contributed by atoms with Crippen LogP contribution in [0.25, 0.3) is 0 Å². The van der Waals surface area contributed by atoms with Crippen molar-refractivity contribution in [1.82, 2.24) is 9.97 Å². The van der Waals surface area contributed by atoms with Crippen LogP contribution in [0.3, 0.4) is 0 Å². The first kappa shape index (κ1) is 14.2. The quantitative estimate of drug-likeness (QED) is 0.835. The Morgan fingerprint density at radius 1 is 1.32 bits per heavy atom. The van der Waals surface area contributed by atoms with Crippen LogP contribution < -0.4 is 5.32 Å². The fourth-order valence-corrected chi connectivity index (χ4v) is 3.05. The molecule has 19 heavy (non-hydrogen) atoms. The van der Waals surface area contributed by atoms with E-state index in [9.17, 15) is 0 Å². The van der Waals surface area contributed by atoms with Gasteiger partial charge in [-0.05, 0) is 24.6 Å². The van der Waals surface area contributed by atoms with E-state index in [1.54, 1.807) is 18.1 Å². The number of halogens is 1. The second-order valence-electron chi connectivity index (χ2n) is 4.07. The largest absolute Gasteiger partial charge is 0.373 e. The molecule has 5 heteroatoms. The van der Waals surface area contributed by atoms with Gasteiger partial charge in [0.25, 0.3) is 0 Å². The Bertz CT molecular complexity index is 560. The van der Waals surface area contributed by atoms with Crippen LogP contribution in [0.15, 0.2) is 40.5 Å². The zero-order valence-corrected chi connectivity index (χ0v) is 12.6. The van der Waals surface area contributed by atoms with Gasteiger partial charge in [-0.25, -0.2) is 9.97 Å². The number of anilines is 1. The zero-order valence-electron chi connectivity index (χ0n) is 11.0. The van der Waals surface area contributed by atoms with Crippen LogP contribution in [-0.2, 0) is 6.42 Å². The fourth-order valence-electron chi connectivity index (χ4n) is 1.82. The molecule has 0 saturated carbocycles. The van der Waals surface area contributed by atoms with E-state index in [1.807, 2.05) is 31.3 Å². The smallest absolute Gasteiger partial charge is 0.133 e. The molecule has 1 heterocycles. The third kappa shape index (κ3) is 3.61. The van der Waals surface area contributed by atoms with Gasteiger partial charge in [-0.15, -0.1) is 0 Å². The van der Waals surface area contributed by atoms with Gasteiger partial charge in [-0.1, -0.05) is 42.8 Å². The molecule has 0 spiro atoms. The molecule has 2 rings (SSSR count). The molecule has 100 valence electrons. The highest BCUT2D eigenvalue weighted by Gasteiger charge is 2.11. The first-order valence-electron chi connectivity index (χ1n) is 6.19. The van der Waals surface area contributed by atoms with Crippen LogP contribution in [0.1, 0.15) is 18.9 Å². The molecule has 3 nitrogen and oxygen atoms in total. The van der Waals surface area contributed by atoms with E-state index in [1.165, 1.54) is 0 Å². The summed E-state index contributed by atoms with van der Waals surface area (Å²) in [6.07, 6.45) is 3.61. The predicted octanol–water partition coefficient (Wildman–Crippen LogP) is 4.28. The number of hydrogen-bond donors (Lipinski definition) is 1. The van der Waals surface area contributed by atoms with E-state index >= 15 is 0 Å². The molecule has 0 atom stereocenters. The average molecular weight is 294 g/mol. The topological polar surface area (TPSA) is 37.8 Å². The van der Waals surface area contributed by atoms with Gasteiger partial charge in [0.05, 0.1) is 0 Å². The number of rotatable bonds is 5. The molecule has 0 unspecified atom stereocenters. The number of aromatic nitrogens is 2. The molecule has 0 aliphatic carbocycles. The molecular formula is C14H16ClN3S. The Hall–Kier alpha value is -1.26. The van der Waals surface area contributed by atoms with Gasteiger partial charge in [-0.3, -0.25) is 0 Å². The molecule has 0 saturated heterocycles. The molecule has 1 aromatic carbocycles. The molecule has 0 radical (unpaired) electrons. The average Bonchev–Trinajstić information content (AvgIpc) is 2.41. The van der Waals surface area contributed by atoms with Crippen LogP contribution in [0.2, 0.25) is 5.02 Å². The van der Waals surface area contributed by atoms with Gasteiger partial charge in [-0.2, -0.15) is 0 Å². The molecule has 0 bridgehead atoms. The second kappa shape index (κ2) is 6.78. The molecular weight excluding hydrogens is 278 g/mol. The van der Waals surface area contributed by atoms with Gasteiger partial charge in [0, 0.05) is 22.5 Å². The summed E-state index contributed by atoms with van der Waals surface area (Å²) in [5, 5.41) is 4.86. The third-order valence-electron chi connectivity index (χ3n) is 2.65. The number of nitrogens with zero attached hydrogens (tertiary/aromatic N) is 2. The van der Waals surface area contributed by atoms with Gasteiger partial charge in [0.15, 0.2) is 0 Å². The lowest BCUT2D eigenvalue weighted by Crippen LogP contribution is -2.02. The molecule has 0 aliphatic heterocycles. The summed E-state index contributed by atoms with van der Waals surface area (Å²) in [5.41, 5.74) is 1.16. The lowest BCUT2D eigenvalue weighted by molar-refractivity contribution is 0.858. The maximum Gasteiger partial charge on any atom is 0.133 e. The monoisotopic (exact) mass is 293 g/mol. The van der Waals surface area contributed by atoms with Crippen LogP contribution in [0, 0.1) is 0 Å². The SMILES string of the molecule is CCCc1c(NC)ncnc1Sc1cccc(Cl)c1. The first-order chi connectivity index (χ1) is 9.24. The van der Waals surface area contributed by atoms with E-state index in [2.05, 4.69) is 22.2 Å². The molecule has 0 aliphatic rings. The minimum Gasteiger partial charge on any atom is -0.373 e. The lowest BCUT2D eigenvalue weighted by atomic mass is 10.2. The van der Waals surface area contributed by atoms with Crippen LogP contribution in [0.4, 0.5) is 5.82 Å². The number of nitrogens with one attached hydrogen (secondary N) is 1. The van der Waals surface area contributed by atoms with E-state index < -0.39 is 0 Å². The maximum atomic E-state index is 6.01. The number of benzene rings is 1. The zero-order chi connectivity index (χ0) is 13.7. The van der Waals surface area contributed by atoms with Crippen molar-refractivity contribution in [1.29, 1.82) is 0 Å². The van der Waals surface area contributed by atoms with Gasteiger partial charge in [0.1, 0.15) is 17.2 Å². The normalized spacial score (nSPS) is 10.5. The Morgan fingerprint density at radius 3 is 2.84 bits per heavy atom. The third-order valence-corrected chi connectivity index (χ3v) is 3.92. The Labute approximate surface area is 122 Å². The van der Waals surface area contributed by atoms with Crippen molar-refractivity contribution >= 4 is 29.2 Å². The fraction of sp³-hybridized carbons (Fsp3) is 0.286. The predicted molar refractivity (Wildman–Crippen MR) is 81.1 cm³/mol. The first-order valence-corrected chi connectivity index (χ1v) is 7.39. The molecule has 0 fully saturated rings. The summed E-state index contributed by atoms with van der Waals surface area (Å²) in [4.78, 5) is 9.76. The Kier molecular flexibility index (Phi) is 5.05. The van der Waals surface area contributed by atoms with E-state index in [4.69, 9.17) is 11.6 Å². The molecule has 1 aromatic heterocycles. The second-order valence-corrected chi connectivity index (χ2v) is 5.56. The van der Waals surface area contributed by atoms with Crippen LogP contribution >= 0.6 is 23.4 Å². The standard InChI is InChI=1S/C14H16ClN3S/c1-3-5-12-13(16-2)17-9-18-14(12)19-11-7-4-6-10(15)8-11/h4,6-9H,3,5H2,1-2H3,(H,16,17,18). The minimum atomic E-state index is 0.741. The summed E-state index contributed by atoms with van der Waals surface area (Å²) in [7, 11) is 1.88. The van der Waals surface area contributed by atoms with Crippen LogP contribution in [-0.4, -0.2) is 17.0 Å². The summed E-state index contributed by atoms with van der Waals surface area (Å²) in [6.45, 7) is 2.15. The lowest BCUT2D eigenvalue weighted by Gasteiger charge is -2.11. The maximum absolute atomic E-state index is 6.01. The Balaban J connectivity index is 2.33. The van der Waals surface area contributed by atoms with E-state index in [-0.39, 0.29) is 0 Å². The van der Waals surface area contributed by atoms with Gasteiger partial charge >= 0.3 is 0 Å². The number of hydrogen-bond acceptors (Lipinski definition) is 4. The summed E-state index contributed by atoms with van der Waals surface area (Å²) >= 11 is 7.63. The highest BCUT2D eigenvalue weighted by Crippen LogP contribution is 2.32.